The first kappa shape index (κ1) is 25.2. The van der Waals surface area contributed by atoms with E-state index in [-0.39, 0.29) is 25.0 Å². The number of carbonyl (C=O) groups excluding carboxylic acids is 2. The Labute approximate surface area is 207 Å². The van der Waals surface area contributed by atoms with Gasteiger partial charge < -0.3 is 15.4 Å². The van der Waals surface area contributed by atoms with Crippen LogP contribution >= 0.6 is 0 Å². The molecule has 1 aliphatic heterocycles. The van der Waals surface area contributed by atoms with E-state index in [2.05, 4.69) is 10.6 Å². The Morgan fingerprint density at radius 1 is 0.972 bits per heavy atom. The first-order chi connectivity index (χ1) is 17.4. The lowest BCUT2D eigenvalue weighted by molar-refractivity contribution is -0.127. The SMILES string of the molecule is O=C(NCc1ccccc1)[C@H]1CNCC(=O)N1c1ccc(CCCOc2c(F)ccc(F)c2F)cc1. The van der Waals surface area contributed by atoms with Crippen LogP contribution in [0.5, 0.6) is 5.75 Å². The van der Waals surface area contributed by atoms with Gasteiger partial charge in [-0.25, -0.2) is 8.78 Å². The van der Waals surface area contributed by atoms with E-state index in [1.807, 2.05) is 42.5 Å². The number of aryl methyl sites for hydroxylation is 1. The van der Waals surface area contributed by atoms with E-state index in [9.17, 15) is 22.8 Å². The number of halogens is 3. The largest absolute Gasteiger partial charge is 0.488 e. The number of hydrogen-bond donors (Lipinski definition) is 2. The van der Waals surface area contributed by atoms with Crippen molar-refractivity contribution in [2.75, 3.05) is 24.6 Å². The van der Waals surface area contributed by atoms with E-state index >= 15 is 0 Å². The number of anilines is 1. The number of nitrogens with zero attached hydrogens (tertiary/aromatic N) is 1. The summed E-state index contributed by atoms with van der Waals surface area (Å²) in [6.07, 6.45) is 0.973. The molecule has 1 fully saturated rings. The van der Waals surface area contributed by atoms with Gasteiger partial charge in [0.25, 0.3) is 0 Å². The summed E-state index contributed by atoms with van der Waals surface area (Å²) in [5.41, 5.74) is 2.48. The summed E-state index contributed by atoms with van der Waals surface area (Å²) in [5, 5.41) is 5.89. The molecular weight excluding hydrogens is 471 g/mol. The van der Waals surface area contributed by atoms with Gasteiger partial charge in [0.15, 0.2) is 17.4 Å². The Hall–Kier alpha value is -3.85. The van der Waals surface area contributed by atoms with Gasteiger partial charge in [0.05, 0.1) is 13.2 Å². The molecule has 3 aromatic carbocycles. The number of piperazine rings is 1. The predicted octanol–water partition coefficient (Wildman–Crippen LogP) is 3.74. The quantitative estimate of drug-likeness (QED) is 0.349. The van der Waals surface area contributed by atoms with Crippen LogP contribution < -0.4 is 20.3 Å². The highest BCUT2D eigenvalue weighted by molar-refractivity contribution is 6.02. The zero-order valence-corrected chi connectivity index (χ0v) is 19.5. The fraction of sp³-hybridized carbons (Fsp3) is 0.259. The molecule has 1 aliphatic rings. The maximum atomic E-state index is 13.7. The minimum absolute atomic E-state index is 0.00101. The van der Waals surface area contributed by atoms with Crippen molar-refractivity contribution in [2.45, 2.75) is 25.4 Å². The number of rotatable bonds is 9. The Morgan fingerprint density at radius 3 is 2.44 bits per heavy atom. The smallest absolute Gasteiger partial charge is 0.244 e. The second kappa shape index (κ2) is 11.7. The van der Waals surface area contributed by atoms with Crippen molar-refractivity contribution in [1.82, 2.24) is 10.6 Å². The standard InChI is InChI=1S/C27H26F3N3O3/c28-21-12-13-22(29)26(25(21)30)36-14-4-7-18-8-10-20(11-9-18)33-23(16-31-17-24(33)34)27(35)32-15-19-5-2-1-3-6-19/h1-3,5-6,8-13,23,31H,4,7,14-17H2,(H,32,35)/t23-/m1/s1. The molecule has 0 unspecified atom stereocenters. The van der Waals surface area contributed by atoms with E-state index in [1.54, 1.807) is 12.1 Å². The summed E-state index contributed by atoms with van der Waals surface area (Å²) in [5.74, 6) is -4.65. The van der Waals surface area contributed by atoms with Gasteiger partial charge >= 0.3 is 0 Å². The lowest BCUT2D eigenvalue weighted by Crippen LogP contribution is -2.60. The highest BCUT2D eigenvalue weighted by Gasteiger charge is 2.34. The van der Waals surface area contributed by atoms with Crippen molar-refractivity contribution < 1.29 is 27.5 Å². The number of hydrogen-bond acceptors (Lipinski definition) is 4. The molecule has 2 amide bonds. The third kappa shape index (κ3) is 6.04. The second-order valence-corrected chi connectivity index (χ2v) is 8.40. The fourth-order valence-electron chi connectivity index (χ4n) is 4.02. The van der Waals surface area contributed by atoms with Gasteiger partial charge in [-0.05, 0) is 48.2 Å². The highest BCUT2D eigenvalue weighted by Crippen LogP contribution is 2.24. The van der Waals surface area contributed by atoms with Gasteiger partial charge in [-0.2, -0.15) is 4.39 Å². The van der Waals surface area contributed by atoms with Crippen molar-refractivity contribution in [3.63, 3.8) is 0 Å². The zero-order valence-electron chi connectivity index (χ0n) is 19.5. The predicted molar refractivity (Wildman–Crippen MR) is 129 cm³/mol. The number of benzene rings is 3. The fourth-order valence-corrected chi connectivity index (χ4v) is 4.02. The molecule has 0 aliphatic carbocycles. The molecular formula is C27H26F3N3O3. The maximum absolute atomic E-state index is 13.7. The van der Waals surface area contributed by atoms with E-state index in [4.69, 9.17) is 4.74 Å². The number of nitrogens with one attached hydrogen (secondary N) is 2. The molecule has 0 bridgehead atoms. The minimum Gasteiger partial charge on any atom is -0.488 e. The van der Waals surface area contributed by atoms with Crippen molar-refractivity contribution in [3.05, 3.63) is 95.3 Å². The lowest BCUT2D eigenvalue weighted by atomic mass is 10.1. The van der Waals surface area contributed by atoms with Crippen molar-refractivity contribution >= 4 is 17.5 Å². The van der Waals surface area contributed by atoms with Gasteiger partial charge in [0.1, 0.15) is 6.04 Å². The molecule has 0 spiro atoms. The van der Waals surface area contributed by atoms with Crippen LogP contribution in [0.4, 0.5) is 18.9 Å². The van der Waals surface area contributed by atoms with Crippen LogP contribution in [-0.4, -0.2) is 37.6 Å². The van der Waals surface area contributed by atoms with Crippen LogP contribution in [0.2, 0.25) is 0 Å². The summed E-state index contributed by atoms with van der Waals surface area (Å²) in [6, 6.07) is 17.5. The average molecular weight is 498 g/mol. The van der Waals surface area contributed by atoms with Gasteiger partial charge in [0, 0.05) is 18.8 Å². The van der Waals surface area contributed by atoms with Crippen LogP contribution in [0.3, 0.4) is 0 Å². The third-order valence-electron chi connectivity index (χ3n) is 5.88. The van der Waals surface area contributed by atoms with Crippen molar-refractivity contribution in [1.29, 1.82) is 0 Å². The zero-order chi connectivity index (χ0) is 25.5. The van der Waals surface area contributed by atoms with E-state index < -0.39 is 29.2 Å². The first-order valence-electron chi connectivity index (χ1n) is 11.6. The molecule has 4 rings (SSSR count). The molecule has 6 nitrogen and oxygen atoms in total. The van der Waals surface area contributed by atoms with E-state index in [0.717, 1.165) is 17.2 Å². The first-order valence-corrected chi connectivity index (χ1v) is 11.6. The molecule has 188 valence electrons. The third-order valence-corrected chi connectivity index (χ3v) is 5.88. The van der Waals surface area contributed by atoms with Gasteiger partial charge in [-0.15, -0.1) is 0 Å². The Kier molecular flexibility index (Phi) is 8.22. The Balaban J connectivity index is 1.34. The molecule has 0 saturated carbocycles. The monoisotopic (exact) mass is 497 g/mol. The number of ether oxygens (including phenoxy) is 1. The molecule has 2 N–H and O–H groups in total. The normalized spacial score (nSPS) is 15.6. The minimum atomic E-state index is -1.34. The molecule has 0 aromatic heterocycles. The summed E-state index contributed by atoms with van der Waals surface area (Å²) in [6.45, 7) is 0.828. The molecule has 9 heteroatoms. The summed E-state index contributed by atoms with van der Waals surface area (Å²) < 4.78 is 45.7. The van der Waals surface area contributed by atoms with Crippen LogP contribution in [0.15, 0.2) is 66.7 Å². The number of carbonyl (C=O) groups is 2. The van der Waals surface area contributed by atoms with Gasteiger partial charge in [-0.3, -0.25) is 14.5 Å². The maximum Gasteiger partial charge on any atom is 0.244 e. The van der Waals surface area contributed by atoms with E-state index in [1.165, 1.54) is 4.90 Å². The topological polar surface area (TPSA) is 70.7 Å². The van der Waals surface area contributed by atoms with Gasteiger partial charge in [-0.1, -0.05) is 42.5 Å². The highest BCUT2D eigenvalue weighted by atomic mass is 19.2. The molecule has 36 heavy (non-hydrogen) atoms. The molecule has 0 radical (unpaired) electrons. The van der Waals surface area contributed by atoms with Crippen LogP contribution in [0.25, 0.3) is 0 Å². The molecule has 1 heterocycles. The number of amides is 2. The van der Waals surface area contributed by atoms with E-state index in [0.29, 0.717) is 37.7 Å². The lowest BCUT2D eigenvalue weighted by Gasteiger charge is -2.35. The Morgan fingerprint density at radius 2 is 1.69 bits per heavy atom. The molecule has 1 atom stereocenters. The molecule has 1 saturated heterocycles. The molecule has 3 aromatic rings. The summed E-state index contributed by atoms with van der Waals surface area (Å²) in [4.78, 5) is 27.1. The Bertz CT molecular complexity index is 1210. The van der Waals surface area contributed by atoms with Crippen molar-refractivity contribution in [2.24, 2.45) is 0 Å². The second-order valence-electron chi connectivity index (χ2n) is 8.40. The van der Waals surface area contributed by atoms with Crippen molar-refractivity contribution in [3.8, 4) is 5.75 Å². The van der Waals surface area contributed by atoms with Crippen LogP contribution in [-0.2, 0) is 22.6 Å². The average Bonchev–Trinajstić information content (AvgIpc) is 2.90. The van der Waals surface area contributed by atoms with Crippen LogP contribution in [0.1, 0.15) is 17.5 Å². The van der Waals surface area contributed by atoms with Gasteiger partial charge in [0.2, 0.25) is 17.6 Å². The summed E-state index contributed by atoms with van der Waals surface area (Å²) in [7, 11) is 0. The summed E-state index contributed by atoms with van der Waals surface area (Å²) >= 11 is 0. The van der Waals surface area contributed by atoms with Crippen LogP contribution in [0, 0.1) is 17.5 Å².